The maximum absolute atomic E-state index is 12.9. The number of ether oxygens (including phenoxy) is 1. The molecule has 0 heterocycles. The second kappa shape index (κ2) is 12.3. The van der Waals surface area contributed by atoms with Crippen molar-refractivity contribution < 1.29 is 31.7 Å². The van der Waals surface area contributed by atoms with Gasteiger partial charge in [0.2, 0.25) is 0 Å². The molecule has 0 saturated carbocycles. The summed E-state index contributed by atoms with van der Waals surface area (Å²) < 4.78 is 41.1. The Labute approximate surface area is 225 Å². The molecule has 12 heteroatoms. The van der Waals surface area contributed by atoms with E-state index >= 15 is 0 Å². The standard InChI is InChI=1S/C23H42BrO7P3Si/c1-21(2,3)28-19(25)14-16-13-17(24)15-18(29-34(26,30-32)31-33)20(16)23(7,8)11-12-27-35(9,10)22(4,5)6/h13,15H,11-12,14,32-33H2,1-10H3. The molecule has 0 bridgehead atoms. The molecule has 1 aromatic rings. The largest absolute Gasteiger partial charge is 0.535 e. The number of carbonyl (C=O) groups excluding carboxylic acids is 1. The summed E-state index contributed by atoms with van der Waals surface area (Å²) in [4.78, 5) is 12.8. The Morgan fingerprint density at radius 3 is 2.03 bits per heavy atom. The first-order chi connectivity index (χ1) is 15.7. The molecule has 1 aromatic carbocycles. The SMILES string of the molecule is CC(C)(C)OC(=O)Cc1cc(Br)cc(OP(=O)(OP)OP)c1C(C)(C)CCO[Si](C)(C)C(C)(C)C. The highest BCUT2D eigenvalue weighted by molar-refractivity contribution is 9.10. The van der Waals surface area contributed by atoms with E-state index in [2.05, 4.69) is 49.8 Å². The number of hydrogen-bond acceptors (Lipinski definition) is 7. The van der Waals surface area contributed by atoms with Crippen molar-refractivity contribution in [2.75, 3.05) is 6.61 Å². The Balaban J connectivity index is 3.49. The van der Waals surface area contributed by atoms with Gasteiger partial charge in [0.15, 0.2) is 8.32 Å². The minimum atomic E-state index is -3.92. The third-order valence-electron chi connectivity index (χ3n) is 6.04. The fourth-order valence-electron chi connectivity index (χ4n) is 3.24. The average Bonchev–Trinajstić information content (AvgIpc) is 2.64. The number of carbonyl (C=O) groups is 1. The van der Waals surface area contributed by atoms with Gasteiger partial charge in [-0.3, -0.25) is 13.4 Å². The zero-order valence-electron chi connectivity index (χ0n) is 22.6. The van der Waals surface area contributed by atoms with Gasteiger partial charge in [0, 0.05) is 35.6 Å². The second-order valence-corrected chi connectivity index (χ2v) is 20.2. The van der Waals surface area contributed by atoms with E-state index in [1.54, 1.807) is 6.07 Å². The van der Waals surface area contributed by atoms with Crippen LogP contribution in [0.1, 0.15) is 72.9 Å². The van der Waals surface area contributed by atoms with Crippen molar-refractivity contribution in [1.29, 1.82) is 0 Å². The summed E-state index contributed by atoms with van der Waals surface area (Å²) in [6, 6.07) is 3.56. The average molecular weight is 631 g/mol. The Bertz CT molecular complexity index is 932. The predicted molar refractivity (Wildman–Crippen MR) is 154 cm³/mol. The molecule has 0 aliphatic rings. The molecule has 0 aliphatic heterocycles. The van der Waals surface area contributed by atoms with Gasteiger partial charge in [-0.05, 0) is 68.4 Å². The summed E-state index contributed by atoms with van der Waals surface area (Å²) in [5, 5.41) is 0.0871. The Morgan fingerprint density at radius 2 is 1.57 bits per heavy atom. The van der Waals surface area contributed by atoms with E-state index in [4.69, 9.17) is 22.3 Å². The van der Waals surface area contributed by atoms with Crippen LogP contribution in [0.5, 0.6) is 5.75 Å². The molecule has 0 spiro atoms. The van der Waals surface area contributed by atoms with Crippen molar-refractivity contribution in [3.8, 4) is 5.75 Å². The highest BCUT2D eigenvalue weighted by Crippen LogP contribution is 2.55. The van der Waals surface area contributed by atoms with Gasteiger partial charge in [0.1, 0.15) is 11.4 Å². The van der Waals surface area contributed by atoms with Gasteiger partial charge in [-0.25, -0.2) is 4.57 Å². The van der Waals surface area contributed by atoms with Gasteiger partial charge >= 0.3 is 13.8 Å². The van der Waals surface area contributed by atoms with Crippen LogP contribution in [0.25, 0.3) is 0 Å². The van der Waals surface area contributed by atoms with Crippen molar-refractivity contribution in [2.45, 2.75) is 97.4 Å². The van der Waals surface area contributed by atoms with Crippen LogP contribution < -0.4 is 4.52 Å². The maximum Gasteiger partial charge on any atom is 0.535 e. The molecule has 2 unspecified atom stereocenters. The quantitative estimate of drug-likeness (QED) is 0.139. The van der Waals surface area contributed by atoms with Crippen molar-refractivity contribution in [3.63, 3.8) is 0 Å². The molecule has 0 N–H and O–H groups in total. The Morgan fingerprint density at radius 1 is 1.03 bits per heavy atom. The fraction of sp³-hybridized carbons (Fsp3) is 0.696. The first-order valence-electron chi connectivity index (χ1n) is 11.4. The van der Waals surface area contributed by atoms with E-state index in [9.17, 15) is 9.36 Å². The minimum Gasteiger partial charge on any atom is -0.460 e. The first-order valence-corrected chi connectivity index (χ1v) is 17.5. The van der Waals surface area contributed by atoms with Crippen LogP contribution in [-0.2, 0) is 39.0 Å². The van der Waals surface area contributed by atoms with E-state index in [0.29, 0.717) is 28.8 Å². The second-order valence-electron chi connectivity index (χ2n) is 11.7. The number of phosphoric acid groups is 1. The normalized spacial score (nSPS) is 13.6. The van der Waals surface area contributed by atoms with E-state index < -0.39 is 27.2 Å². The van der Waals surface area contributed by atoms with Gasteiger partial charge < -0.3 is 13.7 Å². The lowest BCUT2D eigenvalue weighted by molar-refractivity contribution is -0.153. The molecule has 0 saturated heterocycles. The number of rotatable bonds is 11. The predicted octanol–water partition coefficient (Wildman–Crippen LogP) is 8.12. The third kappa shape index (κ3) is 10.1. The van der Waals surface area contributed by atoms with E-state index in [1.807, 2.05) is 59.6 Å². The van der Waals surface area contributed by atoms with Gasteiger partial charge in [-0.15, -0.1) is 0 Å². The molecular formula is C23H42BrO7P3Si. The molecule has 1 rings (SSSR count). The first kappa shape index (κ1) is 33.2. The summed E-state index contributed by atoms with van der Waals surface area (Å²) in [5.74, 6) is -0.0765. The molecule has 35 heavy (non-hydrogen) atoms. The third-order valence-corrected chi connectivity index (χ3v) is 13.5. The zero-order valence-corrected chi connectivity index (χ0v) is 28.4. The monoisotopic (exact) mass is 630 g/mol. The highest BCUT2D eigenvalue weighted by atomic mass is 79.9. The van der Waals surface area contributed by atoms with Crippen molar-refractivity contribution in [1.82, 2.24) is 0 Å². The maximum atomic E-state index is 12.9. The zero-order chi connectivity index (χ0) is 27.5. The van der Waals surface area contributed by atoms with Gasteiger partial charge in [0.25, 0.3) is 0 Å². The smallest absolute Gasteiger partial charge is 0.460 e. The molecule has 0 aromatic heterocycles. The van der Waals surface area contributed by atoms with Crippen LogP contribution in [0, 0.1) is 0 Å². The Kier molecular flexibility index (Phi) is 11.7. The molecule has 0 fully saturated rings. The van der Waals surface area contributed by atoms with Crippen LogP contribution in [0.15, 0.2) is 16.6 Å². The van der Waals surface area contributed by atoms with E-state index in [1.165, 1.54) is 0 Å². The summed E-state index contributed by atoms with van der Waals surface area (Å²) >= 11 is 3.48. The lowest BCUT2D eigenvalue weighted by Crippen LogP contribution is -2.41. The number of esters is 1. The number of hydrogen-bond donors (Lipinski definition) is 0. The van der Waals surface area contributed by atoms with E-state index in [0.717, 1.165) is 5.56 Å². The van der Waals surface area contributed by atoms with Gasteiger partial charge in [0.05, 0.1) is 6.42 Å². The van der Waals surface area contributed by atoms with Gasteiger partial charge in [-0.1, -0.05) is 50.5 Å². The topological polar surface area (TPSA) is 80.3 Å². The molecule has 2 atom stereocenters. The summed E-state index contributed by atoms with van der Waals surface area (Å²) in [6.45, 7) is 21.1. The van der Waals surface area contributed by atoms with Crippen molar-refractivity contribution in [2.24, 2.45) is 0 Å². The van der Waals surface area contributed by atoms with Crippen LogP contribution in [-0.4, -0.2) is 26.5 Å². The Hall–Kier alpha value is 0.157. The van der Waals surface area contributed by atoms with E-state index in [-0.39, 0.29) is 17.4 Å². The van der Waals surface area contributed by atoms with Crippen LogP contribution in [0.4, 0.5) is 0 Å². The minimum absolute atomic E-state index is 0.0166. The van der Waals surface area contributed by atoms with Crippen LogP contribution >= 0.6 is 42.7 Å². The van der Waals surface area contributed by atoms with Crippen molar-refractivity contribution >= 4 is 57.0 Å². The molecule has 0 amide bonds. The number of halogens is 1. The molecule has 0 radical (unpaired) electrons. The lowest BCUT2D eigenvalue weighted by atomic mass is 9.78. The fourth-order valence-corrected chi connectivity index (χ4v) is 6.14. The summed E-state index contributed by atoms with van der Waals surface area (Å²) in [7, 11) is -2.05. The summed E-state index contributed by atoms with van der Waals surface area (Å²) in [5.41, 5.74) is 0.281. The molecule has 7 nitrogen and oxygen atoms in total. The molecule has 202 valence electrons. The number of benzene rings is 1. The van der Waals surface area contributed by atoms with Crippen molar-refractivity contribution in [3.05, 3.63) is 27.7 Å². The molecular weight excluding hydrogens is 589 g/mol. The summed E-state index contributed by atoms with van der Waals surface area (Å²) in [6.07, 6.45) is 0.662. The van der Waals surface area contributed by atoms with Gasteiger partial charge in [-0.2, -0.15) is 0 Å². The highest BCUT2D eigenvalue weighted by Gasteiger charge is 2.38. The lowest BCUT2D eigenvalue weighted by Gasteiger charge is -2.38. The van der Waals surface area contributed by atoms with Crippen LogP contribution in [0.2, 0.25) is 18.1 Å². The van der Waals surface area contributed by atoms with Crippen LogP contribution in [0.3, 0.4) is 0 Å². The molecule has 0 aliphatic carbocycles.